The van der Waals surface area contributed by atoms with Gasteiger partial charge in [-0.2, -0.15) is 0 Å². The summed E-state index contributed by atoms with van der Waals surface area (Å²) in [7, 11) is 0. The van der Waals surface area contributed by atoms with E-state index in [-0.39, 0.29) is 11.7 Å². The van der Waals surface area contributed by atoms with Crippen LogP contribution in [0.15, 0.2) is 46.8 Å². The lowest BCUT2D eigenvalue weighted by molar-refractivity contribution is -0.113. The number of Topliss-reactive ketones (excluding diaryl/α,β-unsaturated/α-hetero) is 1. The minimum Gasteiger partial charge on any atom is -0.443 e. The lowest BCUT2D eigenvalue weighted by Crippen LogP contribution is -2.13. The first kappa shape index (κ1) is 11.4. The Bertz CT molecular complexity index is 503. The predicted octanol–water partition coefficient (Wildman–Crippen LogP) is 2.45. The summed E-state index contributed by atoms with van der Waals surface area (Å²) in [6, 6.07) is 9.38. The van der Waals surface area contributed by atoms with E-state index >= 15 is 0 Å². The summed E-state index contributed by atoms with van der Waals surface area (Å²) in [5.74, 6) is 0.173. The zero-order valence-corrected chi connectivity index (χ0v) is 9.68. The molecular formula is C13H13NO3. The van der Waals surface area contributed by atoms with Gasteiger partial charge in [-0.05, 0) is 19.4 Å². The third-order valence-corrected chi connectivity index (χ3v) is 2.78. The number of hydrogen-bond donors (Lipinski definition) is 1. The molecule has 0 bridgehead atoms. The zero-order chi connectivity index (χ0) is 12.4. The average Bonchev–Trinajstić information content (AvgIpc) is 2.67. The smallest absolute Gasteiger partial charge is 0.242 e. The highest BCUT2D eigenvalue weighted by Gasteiger charge is 2.36. The molecule has 0 saturated carbocycles. The van der Waals surface area contributed by atoms with E-state index in [4.69, 9.17) is 9.94 Å². The van der Waals surface area contributed by atoms with Crippen molar-refractivity contribution in [1.82, 2.24) is 0 Å². The topological polar surface area (TPSA) is 58.9 Å². The SMILES string of the molecule is CC(=O)C1=C(C)O/C(=N/O)C1c1ccccc1. The molecule has 1 aromatic rings. The summed E-state index contributed by atoms with van der Waals surface area (Å²) in [4.78, 5) is 11.6. The van der Waals surface area contributed by atoms with Crippen molar-refractivity contribution in [3.8, 4) is 0 Å². The van der Waals surface area contributed by atoms with Crippen molar-refractivity contribution >= 4 is 11.7 Å². The molecule has 1 aliphatic heterocycles. The molecule has 1 unspecified atom stereocenters. The van der Waals surface area contributed by atoms with Crippen molar-refractivity contribution < 1.29 is 14.7 Å². The molecule has 0 amide bonds. The molecule has 2 rings (SSSR count). The van der Waals surface area contributed by atoms with Crippen LogP contribution >= 0.6 is 0 Å². The van der Waals surface area contributed by atoms with Crippen molar-refractivity contribution in [3.63, 3.8) is 0 Å². The first-order chi connectivity index (χ1) is 8.15. The third-order valence-electron chi connectivity index (χ3n) is 2.78. The summed E-state index contributed by atoms with van der Waals surface area (Å²) >= 11 is 0. The van der Waals surface area contributed by atoms with Crippen LogP contribution in [0.2, 0.25) is 0 Å². The first-order valence-electron chi connectivity index (χ1n) is 5.31. The predicted molar refractivity (Wildman–Crippen MR) is 62.9 cm³/mol. The maximum atomic E-state index is 11.6. The highest BCUT2D eigenvalue weighted by atomic mass is 16.5. The van der Waals surface area contributed by atoms with Crippen LogP contribution in [-0.4, -0.2) is 16.9 Å². The zero-order valence-electron chi connectivity index (χ0n) is 9.68. The van der Waals surface area contributed by atoms with Crippen molar-refractivity contribution in [2.45, 2.75) is 19.8 Å². The van der Waals surface area contributed by atoms with Gasteiger partial charge in [0, 0.05) is 5.57 Å². The molecule has 88 valence electrons. The first-order valence-corrected chi connectivity index (χ1v) is 5.31. The van der Waals surface area contributed by atoms with E-state index < -0.39 is 5.92 Å². The molecule has 1 N–H and O–H groups in total. The van der Waals surface area contributed by atoms with Crippen LogP contribution in [0, 0.1) is 0 Å². The van der Waals surface area contributed by atoms with Gasteiger partial charge in [-0.15, -0.1) is 0 Å². The molecule has 0 saturated heterocycles. The highest BCUT2D eigenvalue weighted by molar-refractivity contribution is 6.06. The molecule has 1 heterocycles. The van der Waals surface area contributed by atoms with Gasteiger partial charge in [0.25, 0.3) is 0 Å². The minimum atomic E-state index is -0.404. The quantitative estimate of drug-likeness (QED) is 0.628. The molecule has 0 spiro atoms. The maximum absolute atomic E-state index is 11.6. The second-order valence-electron chi connectivity index (χ2n) is 3.91. The van der Waals surface area contributed by atoms with Crippen LogP contribution in [0.25, 0.3) is 0 Å². The summed E-state index contributed by atoms with van der Waals surface area (Å²) in [6.45, 7) is 3.18. The number of ketones is 1. The van der Waals surface area contributed by atoms with Crippen LogP contribution in [0.3, 0.4) is 0 Å². The number of hydrogen-bond acceptors (Lipinski definition) is 4. The monoisotopic (exact) mass is 231 g/mol. The molecule has 1 aromatic carbocycles. The standard InChI is InChI=1S/C13H13NO3/c1-8(15)11-9(2)17-13(14-16)12(11)10-6-4-3-5-7-10/h3-7,12,16H,1-2H3/b14-13+. The van der Waals surface area contributed by atoms with E-state index in [2.05, 4.69) is 5.16 Å². The average molecular weight is 231 g/mol. The lowest BCUT2D eigenvalue weighted by atomic mass is 9.90. The van der Waals surface area contributed by atoms with Gasteiger partial charge in [-0.3, -0.25) is 4.79 Å². The van der Waals surface area contributed by atoms with Crippen molar-refractivity contribution in [2.75, 3.05) is 0 Å². The highest BCUT2D eigenvalue weighted by Crippen LogP contribution is 2.36. The molecule has 0 radical (unpaired) electrons. The van der Waals surface area contributed by atoms with Gasteiger partial charge in [0.1, 0.15) is 5.76 Å². The number of allylic oxidation sites excluding steroid dienone is 1. The van der Waals surface area contributed by atoms with Gasteiger partial charge in [-0.1, -0.05) is 35.5 Å². The van der Waals surface area contributed by atoms with Gasteiger partial charge in [-0.25, -0.2) is 0 Å². The Kier molecular flexibility index (Phi) is 2.95. The van der Waals surface area contributed by atoms with E-state index in [0.717, 1.165) is 5.56 Å². The Balaban J connectivity index is 2.52. The number of ether oxygens (including phenoxy) is 1. The second kappa shape index (κ2) is 4.41. The van der Waals surface area contributed by atoms with Gasteiger partial charge in [0.15, 0.2) is 5.78 Å². The van der Waals surface area contributed by atoms with E-state index in [1.54, 1.807) is 6.92 Å². The molecule has 1 atom stereocenters. The Labute approximate surface area is 99.2 Å². The molecular weight excluding hydrogens is 218 g/mol. The van der Waals surface area contributed by atoms with Crippen LogP contribution in [0.4, 0.5) is 0 Å². The molecule has 1 aliphatic rings. The number of rotatable bonds is 2. The second-order valence-corrected chi connectivity index (χ2v) is 3.91. The van der Waals surface area contributed by atoms with Crippen molar-refractivity contribution in [1.29, 1.82) is 0 Å². The van der Waals surface area contributed by atoms with Gasteiger partial charge in [0.05, 0.1) is 5.92 Å². The Morgan fingerprint density at radius 1 is 1.35 bits per heavy atom. The largest absolute Gasteiger partial charge is 0.443 e. The fourth-order valence-electron chi connectivity index (χ4n) is 2.08. The molecule has 0 fully saturated rings. The van der Waals surface area contributed by atoms with Crippen LogP contribution < -0.4 is 0 Å². The molecule has 17 heavy (non-hydrogen) atoms. The minimum absolute atomic E-state index is 0.0741. The number of oxime groups is 1. The van der Waals surface area contributed by atoms with Gasteiger partial charge in [0.2, 0.25) is 5.90 Å². The fourth-order valence-corrected chi connectivity index (χ4v) is 2.08. The number of carbonyl (C=O) groups is 1. The van der Waals surface area contributed by atoms with Crippen LogP contribution in [0.1, 0.15) is 25.3 Å². The van der Waals surface area contributed by atoms with Crippen molar-refractivity contribution in [3.05, 3.63) is 47.2 Å². The lowest BCUT2D eigenvalue weighted by Gasteiger charge is -2.10. The molecule has 4 heteroatoms. The molecule has 0 aromatic heterocycles. The van der Waals surface area contributed by atoms with Crippen molar-refractivity contribution in [2.24, 2.45) is 5.16 Å². The van der Waals surface area contributed by atoms with Crippen LogP contribution in [0.5, 0.6) is 0 Å². The van der Waals surface area contributed by atoms with E-state index in [0.29, 0.717) is 11.3 Å². The summed E-state index contributed by atoms with van der Waals surface area (Å²) in [6.07, 6.45) is 0. The maximum Gasteiger partial charge on any atom is 0.242 e. The van der Waals surface area contributed by atoms with Gasteiger partial charge >= 0.3 is 0 Å². The molecule has 0 aliphatic carbocycles. The number of nitrogens with zero attached hydrogens (tertiary/aromatic N) is 1. The van der Waals surface area contributed by atoms with E-state index in [9.17, 15) is 4.79 Å². The number of benzene rings is 1. The van der Waals surface area contributed by atoms with E-state index in [1.807, 2.05) is 30.3 Å². The normalized spacial score (nSPS) is 21.8. The third kappa shape index (κ3) is 1.93. The van der Waals surface area contributed by atoms with E-state index in [1.165, 1.54) is 6.92 Å². The Morgan fingerprint density at radius 2 is 2.00 bits per heavy atom. The van der Waals surface area contributed by atoms with Gasteiger partial charge < -0.3 is 9.94 Å². The Morgan fingerprint density at radius 3 is 2.53 bits per heavy atom. The Hall–Kier alpha value is -2.10. The summed E-state index contributed by atoms with van der Waals surface area (Å²) in [5.41, 5.74) is 1.42. The summed E-state index contributed by atoms with van der Waals surface area (Å²) in [5, 5.41) is 12.1. The summed E-state index contributed by atoms with van der Waals surface area (Å²) < 4.78 is 5.31. The van der Waals surface area contributed by atoms with Crippen LogP contribution in [-0.2, 0) is 9.53 Å². The fraction of sp³-hybridized carbons (Fsp3) is 0.231. The molecule has 4 nitrogen and oxygen atoms in total. The number of carbonyl (C=O) groups excluding carboxylic acids is 1.